The third-order valence-electron chi connectivity index (χ3n) is 2.30. The molecule has 5 heteroatoms. The summed E-state index contributed by atoms with van der Waals surface area (Å²) in [5.41, 5.74) is 6.14. The molecule has 0 aliphatic rings. The average molecular weight is 259 g/mol. The number of amides is 1. The second-order valence-electron chi connectivity index (χ2n) is 4.38. The number of aryl methyl sites for hydroxylation is 1. The van der Waals surface area contributed by atoms with E-state index in [9.17, 15) is 9.90 Å². The van der Waals surface area contributed by atoms with E-state index in [1.807, 2.05) is 13.0 Å². The number of halogens is 1. The summed E-state index contributed by atoms with van der Waals surface area (Å²) in [5.74, 6) is -0.272. The number of carbonyl (C=O) groups is 1. The van der Waals surface area contributed by atoms with Crippen molar-refractivity contribution in [1.82, 2.24) is 0 Å². The maximum atomic E-state index is 11.6. The summed E-state index contributed by atoms with van der Waals surface area (Å²) < 4.78 is 0. The maximum absolute atomic E-state index is 11.6. The van der Waals surface area contributed by atoms with Gasteiger partial charge < -0.3 is 16.2 Å². The summed E-state index contributed by atoms with van der Waals surface area (Å²) in [6.45, 7) is 5.23. The van der Waals surface area contributed by atoms with Crippen molar-refractivity contribution in [1.29, 1.82) is 0 Å². The van der Waals surface area contributed by atoms with E-state index in [0.29, 0.717) is 5.69 Å². The number of phenolic OH excluding ortho intramolecular Hbond substituents is 1. The Labute approximate surface area is 108 Å². The summed E-state index contributed by atoms with van der Waals surface area (Å²) in [6, 6.07) is 5.13. The minimum absolute atomic E-state index is 0. The highest BCUT2D eigenvalue weighted by Gasteiger charge is 2.22. The normalized spacial score (nSPS) is 10.6. The molecule has 96 valence electrons. The van der Waals surface area contributed by atoms with E-state index in [4.69, 9.17) is 5.73 Å². The van der Waals surface area contributed by atoms with E-state index in [2.05, 4.69) is 5.32 Å². The number of benzene rings is 1. The predicted molar refractivity (Wildman–Crippen MR) is 71.6 cm³/mol. The third-order valence-corrected chi connectivity index (χ3v) is 2.30. The van der Waals surface area contributed by atoms with Gasteiger partial charge in [0.25, 0.3) is 0 Å². The minimum Gasteiger partial charge on any atom is -0.506 e. The first-order chi connectivity index (χ1) is 7.34. The Morgan fingerprint density at radius 1 is 1.47 bits per heavy atom. The van der Waals surface area contributed by atoms with Crippen molar-refractivity contribution in [2.75, 3.05) is 5.32 Å². The van der Waals surface area contributed by atoms with Crippen molar-refractivity contribution < 1.29 is 9.90 Å². The van der Waals surface area contributed by atoms with Gasteiger partial charge in [0.15, 0.2) is 0 Å². The molecule has 17 heavy (non-hydrogen) atoms. The summed E-state index contributed by atoms with van der Waals surface area (Å²) in [6.07, 6.45) is 0.842. The van der Waals surface area contributed by atoms with Crippen LogP contribution in [0.25, 0.3) is 0 Å². The lowest BCUT2D eigenvalue weighted by molar-refractivity contribution is -0.120. The Hall–Kier alpha value is -1.26. The van der Waals surface area contributed by atoms with Crippen molar-refractivity contribution in [3.8, 4) is 5.75 Å². The van der Waals surface area contributed by atoms with Crippen molar-refractivity contribution in [2.45, 2.75) is 32.7 Å². The molecule has 0 saturated carbocycles. The number of nitrogens with one attached hydrogen (secondary N) is 1. The highest BCUT2D eigenvalue weighted by atomic mass is 35.5. The lowest BCUT2D eigenvalue weighted by Gasteiger charge is -2.18. The van der Waals surface area contributed by atoms with Crippen LogP contribution < -0.4 is 11.1 Å². The summed E-state index contributed by atoms with van der Waals surface area (Å²) in [4.78, 5) is 11.6. The van der Waals surface area contributed by atoms with Crippen molar-refractivity contribution >= 4 is 24.0 Å². The molecule has 0 heterocycles. The van der Waals surface area contributed by atoms with Gasteiger partial charge in [0, 0.05) is 0 Å². The highest BCUT2D eigenvalue weighted by Crippen LogP contribution is 2.25. The first-order valence-electron chi connectivity index (χ1n) is 5.27. The minimum atomic E-state index is -0.964. The van der Waals surface area contributed by atoms with Gasteiger partial charge in [0.2, 0.25) is 5.91 Å². The molecule has 1 aromatic carbocycles. The zero-order valence-corrected chi connectivity index (χ0v) is 11.1. The first-order valence-corrected chi connectivity index (χ1v) is 5.27. The zero-order chi connectivity index (χ0) is 12.3. The third kappa shape index (κ3) is 4.24. The molecule has 0 aliphatic carbocycles. The number of hydrogen-bond acceptors (Lipinski definition) is 3. The van der Waals surface area contributed by atoms with Crippen LogP contribution in [0.3, 0.4) is 0 Å². The second-order valence-corrected chi connectivity index (χ2v) is 4.38. The van der Waals surface area contributed by atoms with Crippen LogP contribution in [-0.4, -0.2) is 16.6 Å². The van der Waals surface area contributed by atoms with Crippen molar-refractivity contribution in [3.05, 3.63) is 23.8 Å². The molecule has 0 atom stereocenters. The van der Waals surface area contributed by atoms with Crippen molar-refractivity contribution in [3.63, 3.8) is 0 Å². The lowest BCUT2D eigenvalue weighted by Crippen LogP contribution is -2.45. The molecule has 1 aromatic rings. The van der Waals surface area contributed by atoms with Gasteiger partial charge in [-0.2, -0.15) is 0 Å². The monoisotopic (exact) mass is 258 g/mol. The molecule has 0 fully saturated rings. The van der Waals surface area contributed by atoms with E-state index in [-0.39, 0.29) is 24.1 Å². The van der Waals surface area contributed by atoms with Crippen LogP contribution in [0.5, 0.6) is 5.75 Å². The molecule has 1 amide bonds. The van der Waals surface area contributed by atoms with E-state index in [1.165, 1.54) is 0 Å². The molecule has 4 N–H and O–H groups in total. The van der Waals surface area contributed by atoms with Gasteiger partial charge in [-0.1, -0.05) is 13.0 Å². The number of carbonyl (C=O) groups excluding carboxylic acids is 1. The fourth-order valence-electron chi connectivity index (χ4n) is 1.19. The smallest absolute Gasteiger partial charge is 0.243 e. The van der Waals surface area contributed by atoms with Gasteiger partial charge in [-0.15, -0.1) is 12.4 Å². The van der Waals surface area contributed by atoms with Crippen LogP contribution in [0.2, 0.25) is 0 Å². The van der Waals surface area contributed by atoms with Gasteiger partial charge in [0.05, 0.1) is 11.2 Å². The van der Waals surface area contributed by atoms with Crippen LogP contribution in [0.4, 0.5) is 5.69 Å². The van der Waals surface area contributed by atoms with Crippen LogP contribution >= 0.6 is 12.4 Å². The van der Waals surface area contributed by atoms with Crippen LogP contribution in [0.1, 0.15) is 26.3 Å². The van der Waals surface area contributed by atoms with E-state index in [0.717, 1.165) is 12.0 Å². The number of phenols is 1. The average Bonchev–Trinajstić information content (AvgIpc) is 2.19. The number of nitrogens with two attached hydrogens (primary N) is 1. The number of rotatable bonds is 3. The maximum Gasteiger partial charge on any atom is 0.243 e. The van der Waals surface area contributed by atoms with Gasteiger partial charge in [-0.05, 0) is 38.0 Å². The standard InChI is InChI=1S/C12H18N2O2.ClH/c1-4-8-5-6-10(15)9(7-8)14-11(16)12(2,3)13;/h5-7,15H,4,13H2,1-3H3,(H,14,16);1H. The van der Waals surface area contributed by atoms with Gasteiger partial charge in [-0.25, -0.2) is 0 Å². The fraction of sp³-hybridized carbons (Fsp3) is 0.417. The Bertz CT molecular complexity index is 400. The lowest BCUT2D eigenvalue weighted by atomic mass is 10.1. The molecule has 0 saturated heterocycles. The van der Waals surface area contributed by atoms with E-state index >= 15 is 0 Å². The Morgan fingerprint density at radius 2 is 2.06 bits per heavy atom. The molecule has 0 aromatic heterocycles. The number of hydrogen-bond donors (Lipinski definition) is 3. The van der Waals surface area contributed by atoms with Crippen LogP contribution in [0, 0.1) is 0 Å². The summed E-state index contributed by atoms with van der Waals surface area (Å²) >= 11 is 0. The molecule has 0 bridgehead atoms. The second kappa shape index (κ2) is 5.89. The fourth-order valence-corrected chi connectivity index (χ4v) is 1.19. The topological polar surface area (TPSA) is 75.3 Å². The van der Waals surface area contributed by atoms with Gasteiger partial charge >= 0.3 is 0 Å². The van der Waals surface area contributed by atoms with Gasteiger partial charge in [0.1, 0.15) is 5.75 Å². The van der Waals surface area contributed by atoms with Gasteiger partial charge in [-0.3, -0.25) is 4.79 Å². The van der Waals surface area contributed by atoms with E-state index in [1.54, 1.807) is 26.0 Å². The molecule has 0 radical (unpaired) electrons. The zero-order valence-electron chi connectivity index (χ0n) is 10.3. The van der Waals surface area contributed by atoms with E-state index < -0.39 is 5.54 Å². The quantitative estimate of drug-likeness (QED) is 0.727. The molecule has 0 aliphatic heterocycles. The summed E-state index contributed by atoms with van der Waals surface area (Å²) in [5, 5.41) is 12.2. The number of anilines is 1. The molecule has 0 unspecified atom stereocenters. The SMILES string of the molecule is CCc1ccc(O)c(NC(=O)C(C)(C)N)c1.Cl. The van der Waals surface area contributed by atoms with Crippen molar-refractivity contribution in [2.24, 2.45) is 5.73 Å². The van der Waals surface area contributed by atoms with Crippen LogP contribution in [0.15, 0.2) is 18.2 Å². The predicted octanol–water partition coefficient (Wildman–Crippen LogP) is 2.05. The molecule has 1 rings (SSSR count). The molecular weight excluding hydrogens is 240 g/mol. The van der Waals surface area contributed by atoms with Crippen LogP contribution in [-0.2, 0) is 11.2 Å². The first kappa shape index (κ1) is 15.7. The Kier molecular flexibility index (Phi) is 5.45. The Morgan fingerprint density at radius 3 is 2.53 bits per heavy atom. The molecule has 0 spiro atoms. The summed E-state index contributed by atoms with van der Waals surface area (Å²) in [7, 11) is 0. The largest absolute Gasteiger partial charge is 0.506 e. The highest BCUT2D eigenvalue weighted by molar-refractivity contribution is 5.98. The molecular formula is C12H19ClN2O2. The molecule has 4 nitrogen and oxygen atoms in total. The number of aromatic hydroxyl groups is 1. The Balaban J connectivity index is 0.00000256.